The Balaban J connectivity index is 2.28. The number of ether oxygens (including phenoxy) is 1. The van der Waals surface area contributed by atoms with E-state index in [0.29, 0.717) is 0 Å². The summed E-state index contributed by atoms with van der Waals surface area (Å²) in [5.41, 5.74) is 0.933. The second-order valence-electron chi connectivity index (χ2n) is 4.04. The highest BCUT2D eigenvalue weighted by atomic mass is 79.9. The average molecular weight is 322 g/mol. The summed E-state index contributed by atoms with van der Waals surface area (Å²) in [6.45, 7) is 1.86. The predicted molar refractivity (Wildman–Crippen MR) is 76.3 cm³/mol. The van der Waals surface area contributed by atoms with E-state index in [1.54, 1.807) is 12.1 Å². The molecule has 0 aliphatic rings. The lowest BCUT2D eigenvalue weighted by Gasteiger charge is -2.15. The number of benzene rings is 2. The maximum atomic E-state index is 11.0. The van der Waals surface area contributed by atoms with Crippen LogP contribution in [0.5, 0.6) is 5.75 Å². The SMILES string of the molecule is CC(Oc1cc(Br)ccc1[N+](=O)[O-])c1ccccc1. The molecule has 0 saturated carbocycles. The minimum Gasteiger partial charge on any atom is -0.479 e. The third-order valence-corrected chi connectivity index (χ3v) is 3.18. The molecule has 4 nitrogen and oxygen atoms in total. The number of rotatable bonds is 4. The molecule has 1 atom stereocenters. The fourth-order valence-corrected chi connectivity index (χ4v) is 2.06. The lowest BCUT2D eigenvalue weighted by Crippen LogP contribution is -2.04. The Kier molecular flexibility index (Phi) is 4.16. The van der Waals surface area contributed by atoms with Gasteiger partial charge >= 0.3 is 5.69 Å². The summed E-state index contributed by atoms with van der Waals surface area (Å²) < 4.78 is 6.45. The zero-order valence-corrected chi connectivity index (χ0v) is 11.8. The minimum atomic E-state index is -0.445. The molecule has 0 N–H and O–H groups in total. The van der Waals surface area contributed by atoms with Crippen molar-refractivity contribution in [3.8, 4) is 5.75 Å². The lowest BCUT2D eigenvalue weighted by molar-refractivity contribution is -0.386. The zero-order chi connectivity index (χ0) is 13.8. The van der Waals surface area contributed by atoms with E-state index in [4.69, 9.17) is 4.74 Å². The Labute approximate surface area is 119 Å². The Morgan fingerprint density at radius 3 is 2.53 bits per heavy atom. The summed E-state index contributed by atoms with van der Waals surface area (Å²) in [5.74, 6) is 0.260. The molecule has 0 aliphatic heterocycles. The molecule has 0 aromatic heterocycles. The molecule has 2 rings (SSSR count). The number of nitro groups is 1. The first-order valence-corrected chi connectivity index (χ1v) is 6.53. The van der Waals surface area contributed by atoms with Gasteiger partial charge in [-0.25, -0.2) is 0 Å². The van der Waals surface area contributed by atoms with Gasteiger partial charge in [-0.05, 0) is 18.6 Å². The quantitative estimate of drug-likeness (QED) is 0.615. The number of hydrogen-bond acceptors (Lipinski definition) is 3. The molecule has 19 heavy (non-hydrogen) atoms. The third-order valence-electron chi connectivity index (χ3n) is 2.69. The monoisotopic (exact) mass is 321 g/mol. The molecule has 0 saturated heterocycles. The molecule has 0 amide bonds. The second kappa shape index (κ2) is 5.84. The fraction of sp³-hybridized carbons (Fsp3) is 0.143. The van der Waals surface area contributed by atoms with E-state index >= 15 is 0 Å². The topological polar surface area (TPSA) is 52.4 Å². The Bertz CT molecular complexity index is 586. The van der Waals surface area contributed by atoms with Crippen molar-refractivity contribution >= 4 is 21.6 Å². The van der Waals surface area contributed by atoms with Gasteiger partial charge in [0.05, 0.1) is 4.92 Å². The standard InChI is InChI=1S/C14H12BrNO3/c1-10(11-5-3-2-4-6-11)19-14-9-12(15)7-8-13(14)16(17)18/h2-10H,1H3. The fourth-order valence-electron chi connectivity index (χ4n) is 1.72. The Morgan fingerprint density at radius 2 is 1.89 bits per heavy atom. The van der Waals surface area contributed by atoms with Crippen molar-refractivity contribution in [1.82, 2.24) is 0 Å². The zero-order valence-electron chi connectivity index (χ0n) is 10.2. The van der Waals surface area contributed by atoms with Crippen LogP contribution >= 0.6 is 15.9 Å². The van der Waals surface area contributed by atoms with Gasteiger partial charge in [0, 0.05) is 16.6 Å². The van der Waals surface area contributed by atoms with Crippen LogP contribution in [-0.2, 0) is 0 Å². The van der Waals surface area contributed by atoms with Crippen LogP contribution in [0.15, 0.2) is 53.0 Å². The smallest absolute Gasteiger partial charge is 0.311 e. The van der Waals surface area contributed by atoms with Crippen molar-refractivity contribution in [2.45, 2.75) is 13.0 Å². The van der Waals surface area contributed by atoms with Gasteiger partial charge in [0.15, 0.2) is 5.75 Å². The molecule has 0 bridgehead atoms. The minimum absolute atomic E-state index is 0.0361. The molecule has 0 radical (unpaired) electrons. The lowest BCUT2D eigenvalue weighted by atomic mass is 10.1. The largest absolute Gasteiger partial charge is 0.479 e. The molecule has 2 aromatic rings. The van der Waals surface area contributed by atoms with Crippen LogP contribution in [0.3, 0.4) is 0 Å². The van der Waals surface area contributed by atoms with Crippen LogP contribution in [0.25, 0.3) is 0 Å². The van der Waals surface area contributed by atoms with Gasteiger partial charge in [-0.3, -0.25) is 10.1 Å². The summed E-state index contributed by atoms with van der Waals surface area (Å²) in [5, 5.41) is 11.0. The molecule has 1 unspecified atom stereocenters. The maximum Gasteiger partial charge on any atom is 0.311 e. The highest BCUT2D eigenvalue weighted by Crippen LogP contribution is 2.33. The van der Waals surface area contributed by atoms with E-state index in [0.717, 1.165) is 10.0 Å². The Hall–Kier alpha value is -1.88. The maximum absolute atomic E-state index is 11.0. The van der Waals surface area contributed by atoms with Crippen LogP contribution in [0.1, 0.15) is 18.6 Å². The highest BCUT2D eigenvalue weighted by molar-refractivity contribution is 9.10. The van der Waals surface area contributed by atoms with Crippen molar-refractivity contribution < 1.29 is 9.66 Å². The van der Waals surface area contributed by atoms with Crippen molar-refractivity contribution in [1.29, 1.82) is 0 Å². The second-order valence-corrected chi connectivity index (χ2v) is 4.96. The van der Waals surface area contributed by atoms with Crippen LogP contribution < -0.4 is 4.74 Å². The van der Waals surface area contributed by atoms with Gasteiger partial charge < -0.3 is 4.74 Å². The first-order valence-electron chi connectivity index (χ1n) is 5.73. The summed E-state index contributed by atoms with van der Waals surface area (Å²) in [4.78, 5) is 10.5. The summed E-state index contributed by atoms with van der Waals surface area (Å²) >= 11 is 3.29. The van der Waals surface area contributed by atoms with E-state index in [2.05, 4.69) is 15.9 Å². The number of hydrogen-bond donors (Lipinski definition) is 0. The van der Waals surface area contributed by atoms with E-state index in [9.17, 15) is 10.1 Å². The Morgan fingerprint density at radius 1 is 1.21 bits per heavy atom. The number of halogens is 1. The number of nitrogens with zero attached hydrogens (tertiary/aromatic N) is 1. The van der Waals surface area contributed by atoms with Gasteiger partial charge in [-0.2, -0.15) is 0 Å². The average Bonchev–Trinajstić information content (AvgIpc) is 2.39. The van der Waals surface area contributed by atoms with Crippen molar-refractivity contribution in [3.63, 3.8) is 0 Å². The molecule has 0 aliphatic carbocycles. The van der Waals surface area contributed by atoms with Crippen LogP contribution in [0.4, 0.5) is 5.69 Å². The van der Waals surface area contributed by atoms with Crippen molar-refractivity contribution in [2.75, 3.05) is 0 Å². The van der Waals surface area contributed by atoms with Crippen molar-refractivity contribution in [3.05, 3.63) is 68.7 Å². The predicted octanol–water partition coefficient (Wildman–Crippen LogP) is 4.50. The summed E-state index contributed by atoms with van der Waals surface area (Å²) in [6, 6.07) is 14.2. The van der Waals surface area contributed by atoms with Crippen LogP contribution in [-0.4, -0.2) is 4.92 Å². The molecule has 0 fully saturated rings. The van der Waals surface area contributed by atoms with Crippen molar-refractivity contribution in [2.24, 2.45) is 0 Å². The third kappa shape index (κ3) is 3.32. The molecule has 5 heteroatoms. The number of nitro benzene ring substituents is 1. The van der Waals surface area contributed by atoms with Crippen LogP contribution in [0, 0.1) is 10.1 Å². The molecule has 0 spiro atoms. The van der Waals surface area contributed by atoms with Gasteiger partial charge in [-0.15, -0.1) is 0 Å². The summed E-state index contributed by atoms with van der Waals surface area (Å²) in [6.07, 6.45) is -0.255. The van der Waals surface area contributed by atoms with E-state index in [1.165, 1.54) is 6.07 Å². The molecular weight excluding hydrogens is 310 g/mol. The molecule has 98 valence electrons. The first-order chi connectivity index (χ1) is 9.08. The van der Waals surface area contributed by atoms with E-state index in [1.807, 2.05) is 37.3 Å². The van der Waals surface area contributed by atoms with E-state index in [-0.39, 0.29) is 17.5 Å². The first kappa shape index (κ1) is 13.5. The normalized spacial score (nSPS) is 11.9. The molecule has 2 aromatic carbocycles. The van der Waals surface area contributed by atoms with Gasteiger partial charge in [0.2, 0.25) is 0 Å². The van der Waals surface area contributed by atoms with Gasteiger partial charge in [-0.1, -0.05) is 46.3 Å². The van der Waals surface area contributed by atoms with Gasteiger partial charge in [0.1, 0.15) is 6.10 Å². The summed E-state index contributed by atoms with van der Waals surface area (Å²) in [7, 11) is 0. The molecule has 0 heterocycles. The molecular formula is C14H12BrNO3. The highest BCUT2D eigenvalue weighted by Gasteiger charge is 2.18. The van der Waals surface area contributed by atoms with Gasteiger partial charge in [0.25, 0.3) is 0 Å². The van der Waals surface area contributed by atoms with Crippen LogP contribution in [0.2, 0.25) is 0 Å². The van der Waals surface area contributed by atoms with E-state index < -0.39 is 4.92 Å².